The van der Waals surface area contributed by atoms with E-state index in [2.05, 4.69) is 25.3 Å². The number of para-hydroxylation sites is 2. The first-order chi connectivity index (χ1) is 27.7. The number of halogens is 2. The number of nitrogens with zero attached hydrogens (tertiary/aromatic N) is 3. The molecule has 4 amide bonds. The van der Waals surface area contributed by atoms with Crippen LogP contribution in [0.4, 0.5) is 13.6 Å². The fourth-order valence-electron chi connectivity index (χ4n) is 8.93. The minimum atomic E-state index is -3.93. The number of hydrogen-bond donors (Lipinski definition) is 3. The summed E-state index contributed by atoms with van der Waals surface area (Å²) in [4.78, 5) is 66.4. The van der Waals surface area contributed by atoms with E-state index in [1.165, 1.54) is 4.90 Å². The first-order valence-corrected chi connectivity index (χ1v) is 22.7. The fourth-order valence-corrected chi connectivity index (χ4v) is 10.3. The van der Waals surface area contributed by atoms with E-state index < -0.39 is 92.0 Å². The number of benzene rings is 1. The largest absolute Gasteiger partial charge is 0.470 e. The monoisotopic (exact) mass is 830 g/mol. The molecule has 3 N–H and O–H groups in total. The Labute approximate surface area is 338 Å². The molecule has 4 fully saturated rings. The van der Waals surface area contributed by atoms with Crippen LogP contribution in [0.1, 0.15) is 122 Å². The Morgan fingerprint density at radius 1 is 0.914 bits per heavy atom. The second-order valence-electron chi connectivity index (χ2n) is 17.1. The quantitative estimate of drug-likeness (QED) is 0.341. The average molecular weight is 831 g/mol. The predicted octanol–water partition coefficient (Wildman–Crippen LogP) is 5.63. The van der Waals surface area contributed by atoms with Crippen LogP contribution in [-0.2, 0) is 35.1 Å². The smallest absolute Gasteiger partial charge is 0.407 e. The van der Waals surface area contributed by atoms with Gasteiger partial charge in [-0.2, -0.15) is 8.78 Å². The first kappa shape index (κ1) is 42.0. The minimum absolute atomic E-state index is 0.0591. The standard InChI is InChI=1S/C41H56F2N6O8S/c1-3-39(4-2)20-12-13-21-41(42,43)33-35(45-30-16-11-10-15-29(30)44-33)57-32-24-49-23-28(32)34(50)47-40(37(52)48-58(54,55)27-18-19-27)22-26(40)14-8-6-5-7-9-17-31(36(49)51)46-38(53)56-25-39/h10-11,15-16,26-28,31-32H,3-9,12-14,17-25H2,1-2H3,(H,46,53)(H,47,50)(H,48,52)/t26-,28?,31+,32+,40-/m1/s1. The summed E-state index contributed by atoms with van der Waals surface area (Å²) in [7, 11) is -3.93. The van der Waals surface area contributed by atoms with E-state index in [1.54, 1.807) is 24.3 Å². The lowest BCUT2D eigenvalue weighted by molar-refractivity contribution is -0.134. The zero-order valence-electron chi connectivity index (χ0n) is 33.4. The van der Waals surface area contributed by atoms with E-state index in [-0.39, 0.29) is 44.0 Å². The molecule has 0 radical (unpaired) electrons. The molecule has 2 saturated heterocycles. The summed E-state index contributed by atoms with van der Waals surface area (Å²) in [6.45, 7) is 3.57. The Morgan fingerprint density at radius 2 is 1.59 bits per heavy atom. The first-order valence-electron chi connectivity index (χ1n) is 21.1. The number of rotatable bonds is 5. The molecule has 3 aliphatic heterocycles. The Balaban J connectivity index is 1.27. The number of nitrogens with one attached hydrogen (secondary N) is 3. The van der Waals surface area contributed by atoms with Crippen molar-refractivity contribution in [3.63, 3.8) is 0 Å². The number of ether oxygens (including phenoxy) is 2. The molecule has 4 bridgehead atoms. The van der Waals surface area contributed by atoms with Gasteiger partial charge in [0.05, 0.1) is 35.4 Å². The van der Waals surface area contributed by atoms with Gasteiger partial charge in [-0.25, -0.2) is 23.2 Å². The molecule has 5 aliphatic rings. The van der Waals surface area contributed by atoms with Gasteiger partial charge in [0.2, 0.25) is 27.7 Å². The van der Waals surface area contributed by atoms with Gasteiger partial charge in [0.1, 0.15) is 17.7 Å². The lowest BCUT2D eigenvalue weighted by Crippen LogP contribution is -2.55. The van der Waals surface area contributed by atoms with Gasteiger partial charge in [0.25, 0.3) is 11.8 Å². The molecular formula is C41H56F2N6O8S. The zero-order chi connectivity index (χ0) is 41.3. The maximum atomic E-state index is 16.4. The molecule has 1 aromatic carbocycles. The third-order valence-corrected chi connectivity index (χ3v) is 15.0. The van der Waals surface area contributed by atoms with E-state index in [4.69, 9.17) is 9.47 Å². The summed E-state index contributed by atoms with van der Waals surface area (Å²) in [5, 5.41) is 5.01. The molecule has 17 heteroatoms. The number of hydrogen-bond acceptors (Lipinski definition) is 10. The molecule has 58 heavy (non-hydrogen) atoms. The van der Waals surface area contributed by atoms with Crippen molar-refractivity contribution in [2.24, 2.45) is 17.3 Å². The molecular weight excluding hydrogens is 775 g/mol. The molecule has 5 atom stereocenters. The molecule has 318 valence electrons. The van der Waals surface area contributed by atoms with Crippen molar-refractivity contribution in [2.45, 2.75) is 145 Å². The highest BCUT2D eigenvalue weighted by Gasteiger charge is 2.62. The van der Waals surface area contributed by atoms with Crippen molar-refractivity contribution in [1.82, 2.24) is 30.2 Å². The van der Waals surface area contributed by atoms with Crippen LogP contribution >= 0.6 is 0 Å². The summed E-state index contributed by atoms with van der Waals surface area (Å²) >= 11 is 0. The molecule has 14 nitrogen and oxygen atoms in total. The minimum Gasteiger partial charge on any atom is -0.470 e. The van der Waals surface area contributed by atoms with Crippen LogP contribution in [0.2, 0.25) is 0 Å². The summed E-state index contributed by atoms with van der Waals surface area (Å²) in [6.07, 6.45) is 5.64. The van der Waals surface area contributed by atoms with Crippen molar-refractivity contribution in [3.05, 3.63) is 30.0 Å². The summed E-state index contributed by atoms with van der Waals surface area (Å²) in [6, 6.07) is 5.56. The van der Waals surface area contributed by atoms with Gasteiger partial charge in [-0.05, 0) is 75.8 Å². The van der Waals surface area contributed by atoms with E-state index in [0.717, 1.165) is 25.7 Å². The lowest BCUT2D eigenvalue weighted by atomic mass is 9.78. The van der Waals surface area contributed by atoms with Crippen molar-refractivity contribution in [3.8, 4) is 5.88 Å². The Hall–Kier alpha value is -4.15. The second-order valence-corrected chi connectivity index (χ2v) is 19.1. The van der Waals surface area contributed by atoms with Crippen molar-refractivity contribution in [2.75, 3.05) is 19.7 Å². The highest BCUT2D eigenvalue weighted by molar-refractivity contribution is 7.91. The molecule has 0 spiro atoms. The molecule has 2 saturated carbocycles. The van der Waals surface area contributed by atoms with Gasteiger partial charge in [0, 0.05) is 18.4 Å². The van der Waals surface area contributed by atoms with Crippen LogP contribution in [0.5, 0.6) is 5.88 Å². The van der Waals surface area contributed by atoms with E-state index >= 15 is 8.78 Å². The van der Waals surface area contributed by atoms with Gasteiger partial charge in [-0.15, -0.1) is 0 Å². The third kappa shape index (κ3) is 9.03. The van der Waals surface area contributed by atoms with Gasteiger partial charge in [-0.3, -0.25) is 19.1 Å². The highest BCUT2D eigenvalue weighted by atomic mass is 32.2. The van der Waals surface area contributed by atoms with Gasteiger partial charge < -0.3 is 25.0 Å². The number of alkyl halides is 2. The number of sulfonamides is 1. The molecule has 1 aromatic heterocycles. The Morgan fingerprint density at radius 3 is 2.29 bits per heavy atom. The summed E-state index contributed by atoms with van der Waals surface area (Å²) in [5.41, 5.74) is -2.10. The molecule has 4 heterocycles. The third-order valence-electron chi connectivity index (χ3n) is 13.2. The second kappa shape index (κ2) is 16.8. The maximum Gasteiger partial charge on any atom is 0.407 e. The SMILES string of the molecule is CCC1(CC)CCCCC(F)(F)c2nc3ccccc3nc2O[C@H]2CN3CC2C(=O)N[C@]2(C(=O)NS(=O)(=O)C4CC4)C[C@H]2CCCCCCC[C@H](NC(=O)OC1)C3=O. The lowest BCUT2D eigenvalue weighted by Gasteiger charge is -2.32. The molecule has 2 aromatic rings. The average Bonchev–Trinajstić information content (AvgIpc) is 4.13. The molecule has 1 unspecified atom stereocenters. The number of carbonyl (C=O) groups is 4. The van der Waals surface area contributed by atoms with E-state index in [0.29, 0.717) is 63.3 Å². The van der Waals surface area contributed by atoms with Gasteiger partial charge >= 0.3 is 6.09 Å². The number of aromatic nitrogens is 2. The number of cyclic esters (lactones) is 1. The van der Waals surface area contributed by atoms with Crippen LogP contribution in [0.15, 0.2) is 24.3 Å². The van der Waals surface area contributed by atoms with Gasteiger partial charge in [0.15, 0.2) is 5.69 Å². The highest BCUT2D eigenvalue weighted by Crippen LogP contribution is 2.48. The van der Waals surface area contributed by atoms with E-state index in [1.807, 2.05) is 13.8 Å². The fraction of sp³-hybridized carbons (Fsp3) is 0.707. The van der Waals surface area contributed by atoms with Crippen LogP contribution in [0, 0.1) is 17.3 Å². The number of alkyl carbamates (subject to hydrolysis) is 1. The van der Waals surface area contributed by atoms with Crippen molar-refractivity contribution >= 4 is 44.9 Å². The van der Waals surface area contributed by atoms with Crippen molar-refractivity contribution in [1.29, 1.82) is 0 Å². The number of fused-ring (bicyclic) bond motifs is 7. The number of amides is 4. The number of carbonyl (C=O) groups excluding carboxylic acids is 4. The summed E-state index contributed by atoms with van der Waals surface area (Å²) in [5.74, 6) is -7.46. The molecule has 7 rings (SSSR count). The van der Waals surface area contributed by atoms with Crippen LogP contribution in [0.25, 0.3) is 11.0 Å². The zero-order valence-corrected chi connectivity index (χ0v) is 34.2. The van der Waals surface area contributed by atoms with E-state index in [9.17, 15) is 27.6 Å². The normalized spacial score (nSPS) is 29.8. The molecule has 2 aliphatic carbocycles. The predicted molar refractivity (Wildman–Crippen MR) is 209 cm³/mol. The van der Waals surface area contributed by atoms with Crippen LogP contribution in [0.3, 0.4) is 0 Å². The maximum absolute atomic E-state index is 16.4. The Kier molecular flexibility index (Phi) is 12.2. The van der Waals surface area contributed by atoms with Crippen LogP contribution < -0.4 is 20.1 Å². The summed E-state index contributed by atoms with van der Waals surface area (Å²) < 4.78 is 73.0. The van der Waals surface area contributed by atoms with Crippen molar-refractivity contribution < 1.29 is 45.9 Å². The topological polar surface area (TPSA) is 186 Å². The van der Waals surface area contributed by atoms with Gasteiger partial charge in [-0.1, -0.05) is 64.5 Å². The van der Waals surface area contributed by atoms with Crippen LogP contribution in [-0.4, -0.2) is 89.7 Å². The Bertz CT molecular complexity index is 1990.